The minimum Gasteiger partial charge on any atom is -0.455 e. The average Bonchev–Trinajstić information content (AvgIpc) is 3.96. The van der Waals surface area contributed by atoms with Crippen molar-refractivity contribution in [2.45, 2.75) is 0 Å². The molecule has 5 heterocycles. The van der Waals surface area contributed by atoms with Crippen LogP contribution in [0, 0.1) is 0 Å². The topological polar surface area (TPSA) is 48.8 Å². The summed E-state index contributed by atoms with van der Waals surface area (Å²) in [5, 5.41) is 11.6. The first-order chi connectivity index (χ1) is 28.8. The van der Waals surface area contributed by atoms with E-state index in [0.717, 1.165) is 60.4 Å². The predicted octanol–water partition coefficient (Wildman–Crippen LogP) is 9.95. The third kappa shape index (κ3) is 4.63. The van der Waals surface area contributed by atoms with Crippen LogP contribution in [0.15, 0.2) is 211 Å². The molecule has 0 saturated heterocycles. The smallest absolute Gasteiger partial charge is 0.223 e. The molecular formula is C52H34N4OSi. The summed E-state index contributed by atoms with van der Waals surface area (Å²) in [6.07, 6.45) is 3.83. The normalized spacial score (nSPS) is 12.1. The molecule has 0 aliphatic carbocycles. The summed E-state index contributed by atoms with van der Waals surface area (Å²) >= 11 is 0. The van der Waals surface area contributed by atoms with Gasteiger partial charge < -0.3 is 13.6 Å². The van der Waals surface area contributed by atoms with Crippen LogP contribution >= 0.6 is 0 Å². The summed E-state index contributed by atoms with van der Waals surface area (Å²) in [6.45, 7) is 0. The third-order valence-electron chi connectivity index (χ3n) is 12.0. The lowest BCUT2D eigenvalue weighted by molar-refractivity contribution is 0.673. The number of hydrogen-bond donors (Lipinski definition) is 0. The Labute approximate surface area is 334 Å². The number of benzene rings is 7. The Hall–Kier alpha value is -7.54. The summed E-state index contributed by atoms with van der Waals surface area (Å²) < 4.78 is 11.3. The molecule has 0 amide bonds. The van der Waals surface area contributed by atoms with Crippen molar-refractivity contribution >= 4 is 94.6 Å². The van der Waals surface area contributed by atoms with Crippen LogP contribution in [0.1, 0.15) is 0 Å². The molecule has 272 valence electrons. The molecular weight excluding hydrogens is 725 g/mol. The summed E-state index contributed by atoms with van der Waals surface area (Å²) in [7, 11) is -3.04. The summed E-state index contributed by atoms with van der Waals surface area (Å²) in [5.74, 6) is 0. The first-order valence-electron chi connectivity index (χ1n) is 19.7. The quantitative estimate of drug-likeness (QED) is 0.159. The largest absolute Gasteiger partial charge is 0.455 e. The van der Waals surface area contributed by atoms with E-state index >= 15 is 0 Å². The second-order valence-electron chi connectivity index (χ2n) is 14.9. The first kappa shape index (κ1) is 32.7. The molecule has 0 bridgehead atoms. The molecule has 0 radical (unpaired) electrons. The molecule has 0 aliphatic rings. The van der Waals surface area contributed by atoms with Crippen molar-refractivity contribution in [1.29, 1.82) is 0 Å². The molecule has 0 spiro atoms. The highest BCUT2D eigenvalue weighted by Crippen LogP contribution is 2.40. The van der Waals surface area contributed by atoms with Crippen molar-refractivity contribution in [3.05, 3.63) is 207 Å². The van der Waals surface area contributed by atoms with E-state index in [4.69, 9.17) is 14.4 Å². The zero-order valence-corrected chi connectivity index (χ0v) is 32.3. The molecule has 12 aromatic rings. The minimum absolute atomic E-state index is 0.902. The molecule has 0 unspecified atom stereocenters. The maximum atomic E-state index is 6.58. The molecule has 12 rings (SSSR count). The van der Waals surface area contributed by atoms with Gasteiger partial charge in [0.15, 0.2) is 0 Å². The van der Waals surface area contributed by atoms with Gasteiger partial charge in [-0.15, -0.1) is 0 Å². The molecule has 5 aromatic heterocycles. The molecule has 7 aromatic carbocycles. The maximum Gasteiger partial charge on any atom is 0.223 e. The number of para-hydroxylation sites is 4. The first-order valence-corrected chi connectivity index (χ1v) is 21.7. The van der Waals surface area contributed by atoms with Crippen LogP contribution in [-0.4, -0.2) is 27.2 Å². The SMILES string of the molecule is c1ccc([Si](c2ccc(-n3c4ccccc4c4ccccc43)cc2)(c2ccc(-n3c4ccccc4c4c5oc6ccccc6c5ccc43)cc2)c2ccccn2)nc1. The van der Waals surface area contributed by atoms with E-state index in [-0.39, 0.29) is 0 Å². The van der Waals surface area contributed by atoms with E-state index in [1.165, 1.54) is 37.6 Å². The Bertz CT molecular complexity index is 3400. The molecule has 0 atom stereocenters. The Balaban J connectivity index is 1.06. The molecule has 0 saturated carbocycles. The van der Waals surface area contributed by atoms with Crippen LogP contribution in [-0.2, 0) is 0 Å². The minimum atomic E-state index is -3.04. The van der Waals surface area contributed by atoms with E-state index < -0.39 is 8.07 Å². The van der Waals surface area contributed by atoms with Crippen LogP contribution in [0.3, 0.4) is 0 Å². The fourth-order valence-corrected chi connectivity index (χ4v) is 13.8. The van der Waals surface area contributed by atoms with Crippen molar-refractivity contribution in [3.63, 3.8) is 0 Å². The van der Waals surface area contributed by atoms with Gasteiger partial charge in [-0.2, -0.15) is 0 Å². The van der Waals surface area contributed by atoms with Crippen LogP contribution in [0.25, 0.3) is 76.9 Å². The zero-order chi connectivity index (χ0) is 38.2. The zero-order valence-electron chi connectivity index (χ0n) is 31.3. The van der Waals surface area contributed by atoms with Gasteiger partial charge in [-0.1, -0.05) is 109 Å². The average molecular weight is 759 g/mol. The van der Waals surface area contributed by atoms with E-state index in [0.29, 0.717) is 0 Å². The number of pyridine rings is 2. The van der Waals surface area contributed by atoms with E-state index in [2.05, 4.69) is 185 Å². The van der Waals surface area contributed by atoms with E-state index in [9.17, 15) is 0 Å². The van der Waals surface area contributed by atoms with Crippen molar-refractivity contribution < 1.29 is 4.42 Å². The van der Waals surface area contributed by atoms with Gasteiger partial charge in [0.25, 0.3) is 0 Å². The van der Waals surface area contributed by atoms with E-state index in [1.807, 2.05) is 30.6 Å². The summed E-state index contributed by atoms with van der Waals surface area (Å²) in [5.41, 5.74) is 8.65. The lowest BCUT2D eigenvalue weighted by Crippen LogP contribution is -2.76. The molecule has 6 heteroatoms. The van der Waals surface area contributed by atoms with Crippen LogP contribution in [0.2, 0.25) is 0 Å². The Morgan fingerprint density at radius 3 is 1.38 bits per heavy atom. The van der Waals surface area contributed by atoms with Gasteiger partial charge in [0.2, 0.25) is 8.07 Å². The van der Waals surface area contributed by atoms with Gasteiger partial charge in [0, 0.05) is 61.3 Å². The van der Waals surface area contributed by atoms with Crippen LogP contribution in [0.4, 0.5) is 0 Å². The monoisotopic (exact) mass is 758 g/mol. The lowest BCUT2D eigenvalue weighted by atomic mass is 10.1. The van der Waals surface area contributed by atoms with Gasteiger partial charge >= 0.3 is 0 Å². The second kappa shape index (κ2) is 12.7. The highest BCUT2D eigenvalue weighted by atomic mass is 28.3. The number of aromatic nitrogens is 4. The number of fused-ring (bicyclic) bond motifs is 10. The third-order valence-corrected chi connectivity index (χ3v) is 16.5. The highest BCUT2D eigenvalue weighted by molar-refractivity contribution is 7.19. The maximum absolute atomic E-state index is 6.58. The van der Waals surface area contributed by atoms with Crippen molar-refractivity contribution in [3.8, 4) is 11.4 Å². The number of nitrogens with zero attached hydrogens (tertiary/aromatic N) is 4. The molecule has 5 nitrogen and oxygen atoms in total. The fraction of sp³-hybridized carbons (Fsp3) is 0. The van der Waals surface area contributed by atoms with Gasteiger partial charge in [0.05, 0.1) is 27.5 Å². The molecule has 58 heavy (non-hydrogen) atoms. The van der Waals surface area contributed by atoms with Crippen molar-refractivity contribution in [2.75, 3.05) is 0 Å². The van der Waals surface area contributed by atoms with Gasteiger partial charge in [-0.25, -0.2) is 0 Å². The summed E-state index contributed by atoms with van der Waals surface area (Å²) in [4.78, 5) is 10.3. The van der Waals surface area contributed by atoms with Gasteiger partial charge in [0.1, 0.15) is 11.2 Å². The standard InChI is InChI=1S/C52H34N4OSi/c1-5-17-44-39(13-1)40-14-2-6-18-45(40)55(44)35-23-27-37(28-24-35)58(49-21-9-11-33-53-49,50-22-10-12-34-54-50)38-29-25-36(26-30-38)56-46-19-7-3-16-43(46)51-47(56)32-31-42-41-15-4-8-20-48(41)57-52(42)51/h1-34H. The van der Waals surface area contributed by atoms with Crippen molar-refractivity contribution in [2.24, 2.45) is 0 Å². The Kier molecular flexibility index (Phi) is 7.18. The number of rotatable bonds is 6. The second-order valence-corrected chi connectivity index (χ2v) is 18.6. The van der Waals surface area contributed by atoms with Gasteiger partial charge in [-0.3, -0.25) is 9.97 Å². The highest BCUT2D eigenvalue weighted by Gasteiger charge is 2.44. The fourth-order valence-electron chi connectivity index (χ4n) is 9.49. The molecule has 0 aliphatic heterocycles. The number of hydrogen-bond acceptors (Lipinski definition) is 3. The van der Waals surface area contributed by atoms with Crippen LogP contribution < -0.4 is 21.0 Å². The molecule has 0 N–H and O–H groups in total. The Morgan fingerprint density at radius 1 is 0.362 bits per heavy atom. The lowest BCUT2D eigenvalue weighted by Gasteiger charge is -2.32. The van der Waals surface area contributed by atoms with E-state index in [1.54, 1.807) is 0 Å². The predicted molar refractivity (Wildman–Crippen MR) is 242 cm³/mol. The summed E-state index contributed by atoms with van der Waals surface area (Å²) in [6, 6.07) is 69.6. The number of furan rings is 1. The molecule has 0 fully saturated rings. The van der Waals surface area contributed by atoms with Crippen LogP contribution in [0.5, 0.6) is 0 Å². The Morgan fingerprint density at radius 2 is 0.828 bits per heavy atom. The van der Waals surface area contributed by atoms with Gasteiger partial charge in [-0.05, 0) is 95.3 Å². The van der Waals surface area contributed by atoms with Crippen molar-refractivity contribution in [1.82, 2.24) is 19.1 Å².